The maximum absolute atomic E-state index is 13.3. The van der Waals surface area contributed by atoms with E-state index in [1.165, 1.54) is 12.8 Å². The first kappa shape index (κ1) is 24.7. The molecule has 11 heteroatoms. The highest BCUT2D eigenvalue weighted by Crippen LogP contribution is 2.36. The topological polar surface area (TPSA) is 109 Å². The van der Waals surface area contributed by atoms with Crippen LogP contribution in [0.15, 0.2) is 30.6 Å². The number of carbonyl (C=O) groups is 1. The maximum atomic E-state index is 13.3. The van der Waals surface area contributed by atoms with Crippen LogP contribution in [0.1, 0.15) is 19.3 Å². The Hall–Kier alpha value is -3.57. The fourth-order valence-corrected chi connectivity index (χ4v) is 4.95. The van der Waals surface area contributed by atoms with Crippen LogP contribution in [-0.4, -0.2) is 91.3 Å². The van der Waals surface area contributed by atoms with Crippen molar-refractivity contribution in [1.29, 1.82) is 0 Å². The van der Waals surface area contributed by atoms with Gasteiger partial charge in [0.2, 0.25) is 0 Å². The number of hydrogen-bond acceptors (Lipinski definition) is 9. The predicted molar refractivity (Wildman–Crippen MR) is 139 cm³/mol. The number of nitrogens with one attached hydrogen (secondary N) is 1. The molecule has 3 aliphatic rings. The van der Waals surface area contributed by atoms with Crippen molar-refractivity contribution in [3.8, 4) is 28.5 Å². The highest BCUT2D eigenvalue weighted by molar-refractivity contribution is 5.84. The van der Waals surface area contributed by atoms with Crippen LogP contribution in [0, 0.1) is 5.92 Å². The number of hydrogen-bond donors (Lipinski definition) is 1. The largest absolute Gasteiger partial charge is 0.497 e. The van der Waals surface area contributed by atoms with Crippen molar-refractivity contribution in [2.75, 3.05) is 59.1 Å². The molecule has 0 unspecified atom stereocenters. The minimum Gasteiger partial charge on any atom is -0.497 e. The number of rotatable bonds is 8. The minimum atomic E-state index is -0.527. The molecular weight excluding hydrogens is 490 g/mol. The number of amides is 1. The second-order valence-electron chi connectivity index (χ2n) is 9.95. The third-order valence-electron chi connectivity index (χ3n) is 7.24. The molecule has 2 aliphatic heterocycles. The second kappa shape index (κ2) is 10.7. The van der Waals surface area contributed by atoms with Crippen molar-refractivity contribution < 1.29 is 28.5 Å². The van der Waals surface area contributed by atoms with Gasteiger partial charge >= 0.3 is 0 Å². The van der Waals surface area contributed by atoms with Crippen molar-refractivity contribution in [2.24, 2.45) is 5.92 Å². The maximum Gasteiger partial charge on any atom is 0.260 e. The normalized spacial score (nSPS) is 21.1. The Morgan fingerprint density at radius 3 is 2.89 bits per heavy atom. The lowest BCUT2D eigenvalue weighted by Gasteiger charge is -2.25. The lowest BCUT2D eigenvalue weighted by Crippen LogP contribution is -2.41. The van der Waals surface area contributed by atoms with Crippen LogP contribution in [-0.2, 0) is 14.3 Å². The van der Waals surface area contributed by atoms with Gasteiger partial charge in [-0.25, -0.2) is 4.52 Å². The number of benzene rings is 1. The highest BCUT2D eigenvalue weighted by Gasteiger charge is 2.40. The molecule has 202 valence electrons. The van der Waals surface area contributed by atoms with Gasteiger partial charge in [0.1, 0.15) is 18.5 Å². The first-order valence-electron chi connectivity index (χ1n) is 13.1. The van der Waals surface area contributed by atoms with E-state index in [0.29, 0.717) is 68.3 Å². The van der Waals surface area contributed by atoms with E-state index >= 15 is 0 Å². The Bertz CT molecular complexity index is 1310. The molecule has 2 fully saturated rings. The Balaban J connectivity index is 1.37. The van der Waals surface area contributed by atoms with Gasteiger partial charge < -0.3 is 33.9 Å². The number of nitrogens with zero attached hydrogens (tertiary/aromatic N) is 4. The van der Waals surface area contributed by atoms with Gasteiger partial charge in [0, 0.05) is 43.9 Å². The van der Waals surface area contributed by atoms with Crippen LogP contribution >= 0.6 is 0 Å². The Morgan fingerprint density at radius 1 is 1.18 bits per heavy atom. The van der Waals surface area contributed by atoms with Crippen molar-refractivity contribution in [3.63, 3.8) is 0 Å². The molecular formula is C27H33N5O6. The van der Waals surface area contributed by atoms with Crippen LogP contribution in [0.25, 0.3) is 16.8 Å². The van der Waals surface area contributed by atoms with Gasteiger partial charge in [0.05, 0.1) is 45.4 Å². The van der Waals surface area contributed by atoms with Crippen molar-refractivity contribution >= 4 is 17.2 Å². The Morgan fingerprint density at radius 2 is 2.08 bits per heavy atom. The van der Waals surface area contributed by atoms with Crippen molar-refractivity contribution in [1.82, 2.24) is 19.5 Å². The lowest BCUT2D eigenvalue weighted by molar-refractivity contribution is -0.138. The number of aromatic nitrogens is 3. The molecule has 1 saturated carbocycles. The monoisotopic (exact) mass is 523 g/mol. The quantitative estimate of drug-likeness (QED) is 0.446. The zero-order valence-corrected chi connectivity index (χ0v) is 21.7. The summed E-state index contributed by atoms with van der Waals surface area (Å²) in [5.41, 5.74) is 3.29. The standard InChI is InChI=1S/C27H33N5O6/c1-34-7-8-36-23-12-20-16-38-26-24(37-15-17-3-4-17)14-32-25(30-26)22(13-29-32)18-9-19(11-21(10-18)35-2)28-5-6-31(20)27(23)33/h9-11,13-14,17,20,23,28H,3-8,12,15-16H2,1-2H3/t20-,23+/m0/s1. The summed E-state index contributed by atoms with van der Waals surface area (Å²) in [6, 6.07) is 5.76. The lowest BCUT2D eigenvalue weighted by atomic mass is 10.1. The van der Waals surface area contributed by atoms with Crippen molar-refractivity contribution in [3.05, 3.63) is 30.6 Å². The number of anilines is 1. The van der Waals surface area contributed by atoms with E-state index in [0.717, 1.165) is 16.8 Å². The molecule has 1 aromatic carbocycles. The number of carbonyl (C=O) groups excluding carboxylic acids is 1. The van der Waals surface area contributed by atoms with Crippen LogP contribution in [0.4, 0.5) is 5.69 Å². The highest BCUT2D eigenvalue weighted by atomic mass is 16.5. The molecule has 2 atom stereocenters. The summed E-state index contributed by atoms with van der Waals surface area (Å²) in [5, 5.41) is 7.99. The van der Waals surface area contributed by atoms with Crippen molar-refractivity contribution in [2.45, 2.75) is 31.4 Å². The molecule has 6 rings (SSSR count). The van der Waals surface area contributed by atoms with Gasteiger partial charge in [-0.2, -0.15) is 10.1 Å². The minimum absolute atomic E-state index is 0.0402. The average Bonchev–Trinajstić information content (AvgIpc) is 3.60. The first-order valence-corrected chi connectivity index (χ1v) is 13.1. The van der Waals surface area contributed by atoms with Crippen LogP contribution in [0.3, 0.4) is 0 Å². The molecule has 2 aromatic heterocycles. The molecule has 0 radical (unpaired) electrons. The molecule has 4 heterocycles. The summed E-state index contributed by atoms with van der Waals surface area (Å²) >= 11 is 0. The summed E-state index contributed by atoms with van der Waals surface area (Å²) in [6.45, 7) is 2.75. The summed E-state index contributed by atoms with van der Waals surface area (Å²) < 4.78 is 30.7. The molecule has 4 bridgehead atoms. The first-order chi connectivity index (χ1) is 18.6. The van der Waals surface area contributed by atoms with Gasteiger partial charge in [-0.15, -0.1) is 0 Å². The van der Waals surface area contributed by atoms with Gasteiger partial charge in [-0.1, -0.05) is 0 Å². The number of ether oxygens (including phenoxy) is 5. The van der Waals surface area contributed by atoms with Gasteiger partial charge in [-0.05, 0) is 36.5 Å². The van der Waals surface area contributed by atoms with E-state index in [2.05, 4.69) is 10.4 Å². The van der Waals surface area contributed by atoms with Gasteiger partial charge in [0.25, 0.3) is 11.8 Å². The molecule has 38 heavy (non-hydrogen) atoms. The van der Waals surface area contributed by atoms with Crippen LogP contribution < -0.4 is 19.5 Å². The SMILES string of the molecule is COCCO[C@@H]1C[C@H]2COc3nc4c(cnn4cc3OCC3CC3)-c3cc(cc(OC)c3)NCCN2C1=O. The van der Waals surface area contributed by atoms with E-state index in [9.17, 15) is 4.79 Å². The summed E-state index contributed by atoms with van der Waals surface area (Å²) in [4.78, 5) is 20.0. The molecule has 11 nitrogen and oxygen atoms in total. The molecule has 1 saturated heterocycles. The van der Waals surface area contributed by atoms with Gasteiger partial charge in [0.15, 0.2) is 11.4 Å². The van der Waals surface area contributed by atoms with E-state index in [-0.39, 0.29) is 18.6 Å². The predicted octanol–water partition coefficient (Wildman–Crippen LogP) is 2.63. The van der Waals surface area contributed by atoms with E-state index in [1.54, 1.807) is 24.9 Å². The molecule has 1 N–H and O–H groups in total. The smallest absolute Gasteiger partial charge is 0.260 e. The zero-order chi connectivity index (χ0) is 26.1. The molecule has 1 aliphatic carbocycles. The molecule has 0 spiro atoms. The third kappa shape index (κ3) is 5.08. The Kier molecular flexibility index (Phi) is 6.94. The number of fused-ring (bicyclic) bond motifs is 5. The fourth-order valence-electron chi connectivity index (χ4n) is 4.95. The molecule has 3 aromatic rings. The third-order valence-corrected chi connectivity index (χ3v) is 7.24. The number of methoxy groups -OCH3 is 2. The molecule has 1 amide bonds. The zero-order valence-electron chi connectivity index (χ0n) is 21.7. The van der Waals surface area contributed by atoms with Gasteiger partial charge in [-0.3, -0.25) is 4.79 Å². The van der Waals surface area contributed by atoms with E-state index in [1.807, 2.05) is 29.3 Å². The van der Waals surface area contributed by atoms with Crippen LogP contribution in [0.2, 0.25) is 0 Å². The van der Waals surface area contributed by atoms with E-state index in [4.69, 9.17) is 28.7 Å². The Labute approximate surface area is 221 Å². The van der Waals surface area contributed by atoms with Crippen LogP contribution in [0.5, 0.6) is 17.4 Å². The summed E-state index contributed by atoms with van der Waals surface area (Å²) in [6.07, 6.45) is 5.97. The summed E-state index contributed by atoms with van der Waals surface area (Å²) in [5.74, 6) is 2.18. The summed E-state index contributed by atoms with van der Waals surface area (Å²) in [7, 11) is 3.26. The fraction of sp³-hybridized carbons (Fsp3) is 0.519. The average molecular weight is 524 g/mol. The second-order valence-corrected chi connectivity index (χ2v) is 9.95. The van der Waals surface area contributed by atoms with E-state index < -0.39 is 6.10 Å².